The normalized spacial score (nSPS) is 29.0. The Morgan fingerprint density at radius 1 is 1.58 bits per heavy atom. The predicted octanol–water partition coefficient (Wildman–Crippen LogP) is 1.16. The van der Waals surface area contributed by atoms with E-state index in [1.807, 2.05) is 6.92 Å². The van der Waals surface area contributed by atoms with Crippen LogP contribution in [-0.4, -0.2) is 18.9 Å². The Balaban J connectivity index is 2.42. The molecule has 12 heavy (non-hydrogen) atoms. The summed E-state index contributed by atoms with van der Waals surface area (Å²) < 4.78 is 4.55. The van der Waals surface area contributed by atoms with Gasteiger partial charge in [-0.1, -0.05) is 6.92 Å². The van der Waals surface area contributed by atoms with E-state index in [2.05, 4.69) is 4.74 Å². The molecule has 0 aliphatic heterocycles. The molecule has 0 spiro atoms. The summed E-state index contributed by atoms with van der Waals surface area (Å²) in [6, 6.07) is 0. The zero-order valence-corrected chi connectivity index (χ0v) is 7.50. The van der Waals surface area contributed by atoms with Crippen molar-refractivity contribution in [2.75, 3.05) is 7.11 Å². The molecule has 0 bridgehead atoms. The molecule has 1 fully saturated rings. The molecule has 3 heteroatoms. The number of methoxy groups -OCH3 is 1. The van der Waals surface area contributed by atoms with E-state index in [0.717, 1.165) is 0 Å². The fourth-order valence-electron chi connectivity index (χ4n) is 1.67. The molecule has 0 saturated heterocycles. The van der Waals surface area contributed by atoms with Crippen molar-refractivity contribution in [3.8, 4) is 0 Å². The van der Waals surface area contributed by atoms with Gasteiger partial charge in [-0.25, -0.2) is 0 Å². The summed E-state index contributed by atoms with van der Waals surface area (Å²) in [5, 5.41) is 0. The first-order valence-corrected chi connectivity index (χ1v) is 4.22. The third-order valence-electron chi connectivity index (χ3n) is 2.50. The van der Waals surface area contributed by atoms with Crippen molar-refractivity contribution in [3.63, 3.8) is 0 Å². The number of esters is 1. The van der Waals surface area contributed by atoms with Crippen LogP contribution in [0.25, 0.3) is 0 Å². The minimum Gasteiger partial charge on any atom is -0.469 e. The summed E-state index contributed by atoms with van der Waals surface area (Å²) in [5.74, 6) is 0.625. The second kappa shape index (κ2) is 3.70. The lowest BCUT2D eigenvalue weighted by atomic mass is 9.95. The fourth-order valence-corrected chi connectivity index (χ4v) is 1.67. The zero-order valence-electron chi connectivity index (χ0n) is 7.50. The minimum absolute atomic E-state index is 0.207. The number of ketones is 1. The van der Waals surface area contributed by atoms with Gasteiger partial charge in [0, 0.05) is 19.3 Å². The summed E-state index contributed by atoms with van der Waals surface area (Å²) in [6.07, 6.45) is 1.57. The first-order chi connectivity index (χ1) is 5.63. The maximum Gasteiger partial charge on any atom is 0.305 e. The topological polar surface area (TPSA) is 43.4 Å². The van der Waals surface area contributed by atoms with E-state index in [0.29, 0.717) is 25.2 Å². The highest BCUT2D eigenvalue weighted by atomic mass is 16.5. The van der Waals surface area contributed by atoms with Crippen LogP contribution >= 0.6 is 0 Å². The molecule has 2 atom stereocenters. The molecule has 0 radical (unpaired) electrons. The molecule has 0 heterocycles. The van der Waals surface area contributed by atoms with E-state index in [1.165, 1.54) is 7.11 Å². The van der Waals surface area contributed by atoms with Gasteiger partial charge in [0.15, 0.2) is 0 Å². The van der Waals surface area contributed by atoms with Crippen molar-refractivity contribution < 1.29 is 14.3 Å². The molecule has 0 amide bonds. The Kier molecular flexibility index (Phi) is 2.84. The van der Waals surface area contributed by atoms with Gasteiger partial charge in [0.05, 0.1) is 7.11 Å². The molecule has 0 aromatic heterocycles. The maximum absolute atomic E-state index is 11.0. The Bertz CT molecular complexity index is 198. The highest BCUT2D eigenvalue weighted by molar-refractivity contribution is 5.82. The van der Waals surface area contributed by atoms with Crippen molar-refractivity contribution >= 4 is 11.8 Å². The van der Waals surface area contributed by atoms with E-state index in [1.54, 1.807) is 0 Å². The van der Waals surface area contributed by atoms with Crippen molar-refractivity contribution in [3.05, 3.63) is 0 Å². The van der Waals surface area contributed by atoms with Gasteiger partial charge in [0.2, 0.25) is 0 Å². The number of hydrogen-bond acceptors (Lipinski definition) is 3. The van der Waals surface area contributed by atoms with Crippen LogP contribution in [0.5, 0.6) is 0 Å². The first-order valence-electron chi connectivity index (χ1n) is 4.22. The molecule has 0 aromatic carbocycles. The van der Waals surface area contributed by atoms with Gasteiger partial charge in [-0.15, -0.1) is 0 Å². The Morgan fingerprint density at radius 3 is 2.67 bits per heavy atom. The Morgan fingerprint density at radius 2 is 2.25 bits per heavy atom. The summed E-state index contributed by atoms with van der Waals surface area (Å²) in [7, 11) is 1.38. The third-order valence-corrected chi connectivity index (χ3v) is 2.50. The molecule has 1 aliphatic rings. The fraction of sp³-hybridized carbons (Fsp3) is 0.778. The summed E-state index contributed by atoms with van der Waals surface area (Å²) >= 11 is 0. The highest BCUT2D eigenvalue weighted by Gasteiger charge is 2.31. The lowest BCUT2D eigenvalue weighted by Gasteiger charge is -2.11. The molecule has 1 saturated carbocycles. The molecule has 0 aromatic rings. The van der Waals surface area contributed by atoms with Crippen LogP contribution in [0.3, 0.4) is 0 Å². The van der Waals surface area contributed by atoms with E-state index in [9.17, 15) is 9.59 Å². The van der Waals surface area contributed by atoms with E-state index in [4.69, 9.17) is 0 Å². The van der Waals surface area contributed by atoms with Crippen LogP contribution in [0, 0.1) is 11.8 Å². The van der Waals surface area contributed by atoms with Gasteiger partial charge in [-0.05, 0) is 11.8 Å². The first kappa shape index (κ1) is 9.23. The molecular formula is C9H14O3. The SMILES string of the molecule is COC(=O)C[C@H]1CC(=O)C[C@H]1C. The number of hydrogen-bond donors (Lipinski definition) is 0. The number of carbonyl (C=O) groups is 2. The largest absolute Gasteiger partial charge is 0.469 e. The summed E-state index contributed by atoms with van der Waals surface area (Å²) in [6.45, 7) is 2.01. The van der Waals surface area contributed by atoms with Crippen molar-refractivity contribution in [2.24, 2.45) is 11.8 Å². The zero-order chi connectivity index (χ0) is 9.14. The Hall–Kier alpha value is -0.860. The lowest BCUT2D eigenvalue weighted by Crippen LogP contribution is -2.11. The van der Waals surface area contributed by atoms with E-state index in [-0.39, 0.29) is 17.7 Å². The van der Waals surface area contributed by atoms with Gasteiger partial charge in [0.25, 0.3) is 0 Å². The van der Waals surface area contributed by atoms with Crippen LogP contribution in [0.15, 0.2) is 0 Å². The summed E-state index contributed by atoms with van der Waals surface area (Å²) in [4.78, 5) is 21.9. The lowest BCUT2D eigenvalue weighted by molar-refractivity contribution is -0.141. The average molecular weight is 170 g/mol. The highest BCUT2D eigenvalue weighted by Crippen LogP contribution is 2.31. The third kappa shape index (κ3) is 2.06. The minimum atomic E-state index is -0.207. The van der Waals surface area contributed by atoms with Gasteiger partial charge >= 0.3 is 5.97 Å². The quantitative estimate of drug-likeness (QED) is 0.584. The monoisotopic (exact) mass is 170 g/mol. The Labute approximate surface area is 72.1 Å². The predicted molar refractivity (Wildman–Crippen MR) is 43.5 cm³/mol. The second-order valence-corrected chi connectivity index (χ2v) is 3.46. The molecule has 3 nitrogen and oxygen atoms in total. The van der Waals surface area contributed by atoms with Crippen molar-refractivity contribution in [2.45, 2.75) is 26.2 Å². The number of rotatable bonds is 2. The molecule has 0 N–H and O–H groups in total. The number of Topliss-reactive ketones (excluding diaryl/α,β-unsaturated/α-hetero) is 1. The standard InChI is InChI=1S/C9H14O3/c1-6-3-8(10)4-7(6)5-9(11)12-2/h6-7H,3-5H2,1-2H3/t6-,7-/m1/s1. The van der Waals surface area contributed by atoms with Gasteiger partial charge < -0.3 is 4.74 Å². The molecule has 68 valence electrons. The molecule has 0 unspecified atom stereocenters. The van der Waals surface area contributed by atoms with Crippen LogP contribution in [0.4, 0.5) is 0 Å². The number of carbonyl (C=O) groups excluding carboxylic acids is 2. The van der Waals surface area contributed by atoms with Crippen LogP contribution in [-0.2, 0) is 14.3 Å². The second-order valence-electron chi connectivity index (χ2n) is 3.46. The van der Waals surface area contributed by atoms with Crippen LogP contribution < -0.4 is 0 Å². The van der Waals surface area contributed by atoms with Crippen molar-refractivity contribution in [1.29, 1.82) is 0 Å². The molecular weight excluding hydrogens is 156 g/mol. The smallest absolute Gasteiger partial charge is 0.305 e. The van der Waals surface area contributed by atoms with Crippen LogP contribution in [0.1, 0.15) is 26.2 Å². The number of ether oxygens (including phenoxy) is 1. The molecule has 1 rings (SSSR count). The van der Waals surface area contributed by atoms with E-state index >= 15 is 0 Å². The van der Waals surface area contributed by atoms with Crippen molar-refractivity contribution in [1.82, 2.24) is 0 Å². The molecule has 1 aliphatic carbocycles. The maximum atomic E-state index is 11.0. The van der Waals surface area contributed by atoms with Gasteiger partial charge in [-0.2, -0.15) is 0 Å². The van der Waals surface area contributed by atoms with Gasteiger partial charge in [-0.3, -0.25) is 9.59 Å². The average Bonchev–Trinajstić information content (AvgIpc) is 2.30. The van der Waals surface area contributed by atoms with Crippen LogP contribution in [0.2, 0.25) is 0 Å². The summed E-state index contributed by atoms with van der Waals surface area (Å²) in [5.41, 5.74) is 0. The van der Waals surface area contributed by atoms with Gasteiger partial charge in [0.1, 0.15) is 5.78 Å². The van der Waals surface area contributed by atoms with E-state index < -0.39 is 0 Å².